The number of fused-ring (bicyclic) bond motifs is 1. The molecule has 100 valence electrons. The molecule has 0 aliphatic rings. The molecule has 3 heteroatoms. The van der Waals surface area contributed by atoms with Crippen molar-refractivity contribution in [3.8, 4) is 0 Å². The number of pyridine rings is 1. The van der Waals surface area contributed by atoms with Crippen LogP contribution in [0.25, 0.3) is 10.9 Å². The highest BCUT2D eigenvalue weighted by Crippen LogP contribution is 2.23. The Morgan fingerprint density at radius 3 is 2.65 bits per heavy atom. The van der Waals surface area contributed by atoms with Crippen molar-refractivity contribution in [1.82, 2.24) is 4.98 Å². The van der Waals surface area contributed by atoms with E-state index in [1.165, 1.54) is 11.1 Å². The summed E-state index contributed by atoms with van der Waals surface area (Å²) >= 11 is 6.02. The van der Waals surface area contributed by atoms with Crippen LogP contribution in [0.2, 0.25) is 5.02 Å². The van der Waals surface area contributed by atoms with Gasteiger partial charge >= 0.3 is 0 Å². The van der Waals surface area contributed by atoms with Crippen LogP contribution >= 0.6 is 11.6 Å². The van der Waals surface area contributed by atoms with Crippen LogP contribution in [0, 0.1) is 6.92 Å². The molecule has 1 aromatic heterocycles. The molecular formula is C17H15ClN2. The topological polar surface area (TPSA) is 38.9 Å². The van der Waals surface area contributed by atoms with E-state index in [-0.39, 0.29) is 0 Å². The monoisotopic (exact) mass is 282 g/mol. The summed E-state index contributed by atoms with van der Waals surface area (Å²) in [5.41, 5.74) is 11.1. The number of benzene rings is 2. The zero-order valence-corrected chi connectivity index (χ0v) is 12.0. The zero-order valence-electron chi connectivity index (χ0n) is 11.2. The molecule has 0 saturated heterocycles. The molecule has 3 aromatic rings. The van der Waals surface area contributed by atoms with E-state index < -0.39 is 0 Å². The standard InChI is InChI=1S/C17H15ClN2/c1-11-7-16(19)15-10-13(5-6-17(15)20-11)8-12-3-2-4-14(18)9-12/h2-7,9-10H,8H2,1H3,(H2,19,20). The zero-order chi connectivity index (χ0) is 14.1. The molecular weight excluding hydrogens is 268 g/mol. The fourth-order valence-corrected chi connectivity index (χ4v) is 2.64. The van der Waals surface area contributed by atoms with Gasteiger partial charge in [-0.15, -0.1) is 0 Å². The van der Waals surface area contributed by atoms with Gasteiger partial charge in [0.15, 0.2) is 0 Å². The van der Waals surface area contributed by atoms with Gasteiger partial charge in [-0.2, -0.15) is 0 Å². The summed E-state index contributed by atoms with van der Waals surface area (Å²) in [6, 6.07) is 16.1. The van der Waals surface area contributed by atoms with Gasteiger partial charge in [0, 0.05) is 21.8 Å². The van der Waals surface area contributed by atoms with Crippen molar-refractivity contribution >= 4 is 28.2 Å². The van der Waals surface area contributed by atoms with E-state index in [2.05, 4.69) is 23.2 Å². The Hall–Kier alpha value is -2.06. The van der Waals surface area contributed by atoms with Gasteiger partial charge in [-0.1, -0.05) is 29.8 Å². The molecule has 0 fully saturated rings. The first-order valence-corrected chi connectivity index (χ1v) is 6.90. The predicted octanol–water partition coefficient (Wildman–Crippen LogP) is 4.37. The van der Waals surface area contributed by atoms with Crippen LogP contribution in [0.3, 0.4) is 0 Å². The van der Waals surface area contributed by atoms with E-state index in [0.29, 0.717) is 0 Å². The molecule has 2 nitrogen and oxygen atoms in total. The van der Waals surface area contributed by atoms with Crippen LogP contribution in [0.1, 0.15) is 16.8 Å². The molecule has 2 N–H and O–H groups in total. The predicted molar refractivity (Wildman–Crippen MR) is 85.2 cm³/mol. The molecule has 0 aliphatic carbocycles. The largest absolute Gasteiger partial charge is 0.398 e. The third-order valence-electron chi connectivity index (χ3n) is 3.33. The lowest BCUT2D eigenvalue weighted by Gasteiger charge is -2.07. The lowest BCUT2D eigenvalue weighted by atomic mass is 10.0. The number of rotatable bonds is 2. The van der Waals surface area contributed by atoms with Crippen LogP contribution in [0.5, 0.6) is 0 Å². The van der Waals surface area contributed by atoms with Crippen molar-refractivity contribution in [3.05, 3.63) is 70.4 Å². The second kappa shape index (κ2) is 5.14. The lowest BCUT2D eigenvalue weighted by Crippen LogP contribution is -1.94. The van der Waals surface area contributed by atoms with Crippen molar-refractivity contribution in [2.24, 2.45) is 0 Å². The summed E-state index contributed by atoms with van der Waals surface area (Å²) in [5, 5.41) is 1.77. The van der Waals surface area contributed by atoms with Crippen LogP contribution in [-0.4, -0.2) is 4.98 Å². The van der Waals surface area contributed by atoms with E-state index in [1.54, 1.807) is 0 Å². The highest BCUT2D eigenvalue weighted by molar-refractivity contribution is 6.30. The van der Waals surface area contributed by atoms with Gasteiger partial charge in [0.2, 0.25) is 0 Å². The van der Waals surface area contributed by atoms with E-state index in [4.69, 9.17) is 17.3 Å². The van der Waals surface area contributed by atoms with Gasteiger partial charge in [0.25, 0.3) is 0 Å². The maximum Gasteiger partial charge on any atom is 0.0726 e. The van der Waals surface area contributed by atoms with Gasteiger partial charge in [-0.3, -0.25) is 4.98 Å². The number of nitrogens with two attached hydrogens (primary N) is 1. The summed E-state index contributed by atoms with van der Waals surface area (Å²) in [6.45, 7) is 1.95. The quantitative estimate of drug-likeness (QED) is 0.758. The Bertz CT molecular complexity index is 781. The molecule has 3 rings (SSSR count). The minimum absolute atomic E-state index is 0.764. The summed E-state index contributed by atoms with van der Waals surface area (Å²) in [5.74, 6) is 0. The second-order valence-corrected chi connectivity index (χ2v) is 5.45. The lowest BCUT2D eigenvalue weighted by molar-refractivity contribution is 1.19. The van der Waals surface area contributed by atoms with Crippen LogP contribution < -0.4 is 5.73 Å². The molecule has 1 heterocycles. The maximum atomic E-state index is 6.08. The van der Waals surface area contributed by atoms with Crippen LogP contribution in [-0.2, 0) is 6.42 Å². The average molecular weight is 283 g/mol. The first-order valence-electron chi connectivity index (χ1n) is 6.52. The number of halogens is 1. The summed E-state index contributed by atoms with van der Waals surface area (Å²) in [6.07, 6.45) is 0.837. The van der Waals surface area contributed by atoms with Crippen molar-refractivity contribution in [2.45, 2.75) is 13.3 Å². The van der Waals surface area contributed by atoms with Crippen molar-refractivity contribution in [2.75, 3.05) is 5.73 Å². The normalized spacial score (nSPS) is 10.9. The van der Waals surface area contributed by atoms with Gasteiger partial charge < -0.3 is 5.73 Å². The molecule has 0 aliphatic heterocycles. The van der Waals surface area contributed by atoms with Crippen molar-refractivity contribution in [3.63, 3.8) is 0 Å². The third-order valence-corrected chi connectivity index (χ3v) is 3.57. The maximum absolute atomic E-state index is 6.08. The highest BCUT2D eigenvalue weighted by Gasteiger charge is 2.04. The van der Waals surface area contributed by atoms with Gasteiger partial charge in [-0.25, -0.2) is 0 Å². The van der Waals surface area contributed by atoms with Gasteiger partial charge in [-0.05, 0) is 54.8 Å². The highest BCUT2D eigenvalue weighted by atomic mass is 35.5. The van der Waals surface area contributed by atoms with E-state index in [9.17, 15) is 0 Å². The molecule has 0 amide bonds. The van der Waals surface area contributed by atoms with E-state index in [0.717, 1.165) is 33.7 Å². The van der Waals surface area contributed by atoms with Gasteiger partial charge in [0.05, 0.1) is 5.52 Å². The van der Waals surface area contributed by atoms with Crippen molar-refractivity contribution < 1.29 is 0 Å². The minimum Gasteiger partial charge on any atom is -0.398 e. The Kier molecular flexibility index (Phi) is 3.33. The molecule has 0 saturated carbocycles. The number of anilines is 1. The molecule has 0 radical (unpaired) electrons. The first-order chi connectivity index (χ1) is 9.61. The number of hydrogen-bond donors (Lipinski definition) is 1. The Morgan fingerprint density at radius 1 is 1.05 bits per heavy atom. The minimum atomic E-state index is 0.764. The number of hydrogen-bond acceptors (Lipinski definition) is 2. The molecule has 0 unspecified atom stereocenters. The number of nitrogens with zero attached hydrogens (tertiary/aromatic N) is 1. The smallest absolute Gasteiger partial charge is 0.0726 e. The molecule has 0 bridgehead atoms. The first kappa shape index (κ1) is 12.9. The fourth-order valence-electron chi connectivity index (χ4n) is 2.43. The fraction of sp³-hybridized carbons (Fsp3) is 0.118. The molecule has 2 aromatic carbocycles. The van der Waals surface area contributed by atoms with E-state index >= 15 is 0 Å². The number of aromatic nitrogens is 1. The number of nitrogen functional groups attached to an aromatic ring is 1. The summed E-state index contributed by atoms with van der Waals surface area (Å²) < 4.78 is 0. The van der Waals surface area contributed by atoms with Gasteiger partial charge in [0.1, 0.15) is 0 Å². The van der Waals surface area contributed by atoms with Crippen LogP contribution in [0.15, 0.2) is 48.5 Å². The van der Waals surface area contributed by atoms with Crippen molar-refractivity contribution in [1.29, 1.82) is 0 Å². The van der Waals surface area contributed by atoms with E-state index in [1.807, 2.05) is 37.3 Å². The summed E-state index contributed by atoms with van der Waals surface area (Å²) in [4.78, 5) is 4.50. The number of aryl methyl sites for hydroxylation is 1. The summed E-state index contributed by atoms with van der Waals surface area (Å²) in [7, 11) is 0. The average Bonchev–Trinajstić information content (AvgIpc) is 2.39. The molecule has 20 heavy (non-hydrogen) atoms. The third kappa shape index (κ3) is 2.61. The molecule has 0 atom stereocenters. The Labute approximate surface area is 123 Å². The SMILES string of the molecule is Cc1cc(N)c2cc(Cc3cccc(Cl)c3)ccc2n1. The Balaban J connectivity index is 2.01. The molecule has 0 spiro atoms. The Morgan fingerprint density at radius 2 is 1.85 bits per heavy atom. The second-order valence-electron chi connectivity index (χ2n) is 5.01. The van der Waals surface area contributed by atoms with Crippen LogP contribution in [0.4, 0.5) is 5.69 Å².